The summed E-state index contributed by atoms with van der Waals surface area (Å²) in [6.45, 7) is 4.62. The van der Waals surface area contributed by atoms with Gasteiger partial charge in [0, 0.05) is 45.3 Å². The van der Waals surface area contributed by atoms with Crippen molar-refractivity contribution in [2.24, 2.45) is 0 Å². The van der Waals surface area contributed by atoms with Crippen LogP contribution in [0.2, 0.25) is 0 Å². The molecule has 0 N–H and O–H groups in total. The highest BCUT2D eigenvalue weighted by Crippen LogP contribution is 2.30. The van der Waals surface area contributed by atoms with Gasteiger partial charge >= 0.3 is 0 Å². The van der Waals surface area contributed by atoms with E-state index in [0.717, 1.165) is 37.2 Å². The molecular weight excluding hydrogens is 346 g/mol. The van der Waals surface area contributed by atoms with Crippen LogP contribution in [0.15, 0.2) is 24.3 Å². The molecule has 4 rings (SSSR count). The largest absolute Gasteiger partial charge is 0.492 e. The second-order valence-electron chi connectivity index (χ2n) is 7.77. The van der Waals surface area contributed by atoms with Gasteiger partial charge in [0.2, 0.25) is 11.8 Å². The lowest BCUT2D eigenvalue weighted by Crippen LogP contribution is -2.58. The maximum atomic E-state index is 12.8. The van der Waals surface area contributed by atoms with Crippen LogP contribution in [-0.2, 0) is 20.9 Å². The molecule has 1 spiro atoms. The van der Waals surface area contributed by atoms with Crippen molar-refractivity contribution >= 4 is 11.8 Å². The molecule has 0 saturated carbocycles. The average molecular weight is 373 g/mol. The Morgan fingerprint density at radius 2 is 1.96 bits per heavy atom. The summed E-state index contributed by atoms with van der Waals surface area (Å²) in [7, 11) is 1.82. The number of rotatable bonds is 2. The Morgan fingerprint density at radius 1 is 1.19 bits per heavy atom. The van der Waals surface area contributed by atoms with Gasteiger partial charge < -0.3 is 19.3 Å². The normalized spacial score (nSPS) is 22.9. The van der Waals surface area contributed by atoms with Crippen LogP contribution in [0.3, 0.4) is 0 Å². The third kappa shape index (κ3) is 3.94. The van der Waals surface area contributed by atoms with Crippen molar-refractivity contribution < 1.29 is 19.1 Å². The summed E-state index contributed by atoms with van der Waals surface area (Å²) in [4.78, 5) is 30.3. The molecule has 1 aromatic rings. The molecule has 2 fully saturated rings. The molecular formula is C20H27N3O4. The van der Waals surface area contributed by atoms with Gasteiger partial charge in [0.1, 0.15) is 19.0 Å². The van der Waals surface area contributed by atoms with Crippen LogP contribution in [0.5, 0.6) is 5.75 Å². The number of carbonyl (C=O) groups is 2. The number of likely N-dealkylation sites (tertiary alicyclic amines) is 1. The number of hydrogen-bond acceptors (Lipinski definition) is 5. The molecule has 146 valence electrons. The molecule has 0 aromatic heterocycles. The van der Waals surface area contributed by atoms with E-state index < -0.39 is 0 Å². The van der Waals surface area contributed by atoms with E-state index in [1.165, 1.54) is 0 Å². The van der Waals surface area contributed by atoms with Crippen molar-refractivity contribution in [3.05, 3.63) is 29.8 Å². The molecule has 3 heterocycles. The fourth-order valence-corrected chi connectivity index (χ4v) is 4.16. The number of piperidine rings is 1. The summed E-state index contributed by atoms with van der Waals surface area (Å²) in [5.74, 6) is 1.10. The van der Waals surface area contributed by atoms with Gasteiger partial charge in [-0.05, 0) is 18.9 Å². The lowest BCUT2D eigenvalue weighted by molar-refractivity contribution is -0.171. The topological polar surface area (TPSA) is 62.3 Å². The smallest absolute Gasteiger partial charge is 0.248 e. The molecule has 7 heteroatoms. The van der Waals surface area contributed by atoms with Crippen LogP contribution in [0, 0.1) is 0 Å². The maximum Gasteiger partial charge on any atom is 0.248 e. The fourth-order valence-electron chi connectivity index (χ4n) is 4.16. The van der Waals surface area contributed by atoms with Gasteiger partial charge in [-0.1, -0.05) is 18.2 Å². The molecule has 0 unspecified atom stereocenters. The molecule has 2 saturated heterocycles. The molecule has 27 heavy (non-hydrogen) atoms. The third-order valence-electron chi connectivity index (χ3n) is 5.87. The van der Waals surface area contributed by atoms with Crippen molar-refractivity contribution in [1.82, 2.24) is 14.7 Å². The monoisotopic (exact) mass is 373 g/mol. The number of nitrogens with zero attached hydrogens (tertiary/aromatic N) is 3. The van der Waals surface area contributed by atoms with E-state index >= 15 is 0 Å². The van der Waals surface area contributed by atoms with E-state index in [0.29, 0.717) is 32.8 Å². The first kappa shape index (κ1) is 18.3. The van der Waals surface area contributed by atoms with Crippen LogP contribution in [0.4, 0.5) is 0 Å². The van der Waals surface area contributed by atoms with Crippen LogP contribution < -0.4 is 4.74 Å². The molecule has 3 aliphatic heterocycles. The number of likely N-dealkylation sites (N-methyl/N-ethyl adjacent to an activating group) is 1. The summed E-state index contributed by atoms with van der Waals surface area (Å²) >= 11 is 0. The van der Waals surface area contributed by atoms with Gasteiger partial charge in [-0.25, -0.2) is 0 Å². The van der Waals surface area contributed by atoms with Gasteiger partial charge in [-0.15, -0.1) is 0 Å². The summed E-state index contributed by atoms with van der Waals surface area (Å²) in [6, 6.07) is 8.02. The van der Waals surface area contributed by atoms with Crippen molar-refractivity contribution in [2.75, 3.05) is 53.0 Å². The Morgan fingerprint density at radius 3 is 2.74 bits per heavy atom. The zero-order chi connectivity index (χ0) is 18.9. The van der Waals surface area contributed by atoms with Crippen molar-refractivity contribution in [2.45, 2.75) is 25.0 Å². The highest BCUT2D eigenvalue weighted by atomic mass is 16.5. The van der Waals surface area contributed by atoms with Crippen LogP contribution >= 0.6 is 0 Å². The number of ether oxygens (including phenoxy) is 2. The fraction of sp³-hybridized carbons (Fsp3) is 0.600. The third-order valence-corrected chi connectivity index (χ3v) is 5.87. The van der Waals surface area contributed by atoms with Gasteiger partial charge in [0.05, 0.1) is 12.1 Å². The van der Waals surface area contributed by atoms with Crippen molar-refractivity contribution in [3.63, 3.8) is 0 Å². The Balaban J connectivity index is 1.32. The lowest BCUT2D eigenvalue weighted by Gasteiger charge is -2.46. The Hall–Kier alpha value is -2.12. The number of benzene rings is 1. The second kappa shape index (κ2) is 7.48. The number of amides is 2. The summed E-state index contributed by atoms with van der Waals surface area (Å²) in [5.41, 5.74) is 0.846. The van der Waals surface area contributed by atoms with E-state index in [2.05, 4.69) is 11.0 Å². The second-order valence-corrected chi connectivity index (χ2v) is 7.77. The van der Waals surface area contributed by atoms with E-state index in [1.54, 1.807) is 4.90 Å². The SMILES string of the molecule is CN1CC2(CCN(C(=O)CN3CCOc4ccccc4C3)CC2)OCC1=O. The zero-order valence-corrected chi connectivity index (χ0v) is 15.9. The molecule has 7 nitrogen and oxygen atoms in total. The average Bonchev–Trinajstić information content (AvgIpc) is 2.87. The minimum absolute atomic E-state index is 0.0304. The molecule has 0 radical (unpaired) electrons. The number of fused-ring (bicyclic) bond motifs is 1. The first-order chi connectivity index (χ1) is 13.0. The summed E-state index contributed by atoms with van der Waals surface area (Å²) in [6.07, 6.45) is 1.56. The number of morpholine rings is 1. The van der Waals surface area contributed by atoms with E-state index in [-0.39, 0.29) is 24.0 Å². The first-order valence-electron chi connectivity index (χ1n) is 9.63. The van der Waals surface area contributed by atoms with Gasteiger partial charge in [-0.2, -0.15) is 0 Å². The van der Waals surface area contributed by atoms with Crippen molar-refractivity contribution in [1.29, 1.82) is 0 Å². The molecule has 0 bridgehead atoms. The zero-order valence-electron chi connectivity index (χ0n) is 15.9. The Bertz CT molecular complexity index is 715. The molecule has 1 aromatic carbocycles. The number of hydrogen-bond donors (Lipinski definition) is 0. The number of para-hydroxylation sites is 1. The Labute approximate surface area is 159 Å². The maximum absolute atomic E-state index is 12.8. The highest BCUT2D eigenvalue weighted by molar-refractivity contribution is 5.79. The molecule has 0 atom stereocenters. The van der Waals surface area contributed by atoms with Gasteiger partial charge in [-0.3, -0.25) is 14.5 Å². The molecule has 3 aliphatic rings. The van der Waals surface area contributed by atoms with Crippen molar-refractivity contribution in [3.8, 4) is 5.75 Å². The minimum atomic E-state index is -0.283. The van der Waals surface area contributed by atoms with Gasteiger partial charge in [0.25, 0.3) is 0 Å². The summed E-state index contributed by atoms with van der Waals surface area (Å²) in [5, 5.41) is 0. The Kier molecular flexibility index (Phi) is 5.06. The molecule has 2 amide bonds. The van der Waals surface area contributed by atoms with Crippen LogP contribution in [0.1, 0.15) is 18.4 Å². The molecule has 0 aliphatic carbocycles. The lowest BCUT2D eigenvalue weighted by atomic mass is 9.89. The first-order valence-corrected chi connectivity index (χ1v) is 9.63. The standard InChI is InChI=1S/C20H27N3O4/c1-21-15-20(27-14-19(21)25)6-8-23(9-7-20)18(24)13-22-10-11-26-17-5-3-2-4-16(17)12-22/h2-5H,6-15H2,1H3. The quantitative estimate of drug-likeness (QED) is 0.765. The van der Waals surface area contributed by atoms with E-state index in [1.807, 2.05) is 30.1 Å². The van der Waals surface area contributed by atoms with Crippen LogP contribution in [0.25, 0.3) is 0 Å². The van der Waals surface area contributed by atoms with E-state index in [9.17, 15) is 9.59 Å². The number of carbonyl (C=O) groups excluding carboxylic acids is 2. The highest BCUT2D eigenvalue weighted by Gasteiger charge is 2.42. The van der Waals surface area contributed by atoms with E-state index in [4.69, 9.17) is 9.47 Å². The van der Waals surface area contributed by atoms with Crippen LogP contribution in [-0.4, -0.2) is 85.1 Å². The summed E-state index contributed by atoms with van der Waals surface area (Å²) < 4.78 is 11.7. The van der Waals surface area contributed by atoms with Gasteiger partial charge in [0.15, 0.2) is 0 Å². The predicted molar refractivity (Wildman–Crippen MR) is 99.3 cm³/mol. The minimum Gasteiger partial charge on any atom is -0.492 e. The predicted octanol–water partition coefficient (Wildman–Crippen LogP) is 0.731.